The minimum Gasteiger partial charge on any atom is -0.545 e. The van der Waals surface area contributed by atoms with Crippen LogP contribution < -0.4 is 9.84 Å². The van der Waals surface area contributed by atoms with Crippen molar-refractivity contribution in [2.45, 2.75) is 13.8 Å². The molecule has 5 heteroatoms. The molecule has 0 saturated carbocycles. The van der Waals surface area contributed by atoms with Gasteiger partial charge in [0.15, 0.2) is 0 Å². The van der Waals surface area contributed by atoms with E-state index in [9.17, 15) is 9.90 Å². The molecule has 2 aromatic carbocycles. The predicted octanol–water partition coefficient (Wildman–Crippen LogP) is 2.01. The number of carbonyl (C=O) groups excluding carboxylic acids is 1. The summed E-state index contributed by atoms with van der Waals surface area (Å²) in [5, 5.41) is 11.0. The second-order valence-electron chi connectivity index (χ2n) is 5.16. The molecule has 0 amide bonds. The highest BCUT2D eigenvalue weighted by Gasteiger charge is 2.14. The number of hydrogen-bond donors (Lipinski definition) is 0. The number of aryl methyl sites for hydroxylation is 2. The number of carbonyl (C=O) groups is 1. The molecule has 0 aliphatic carbocycles. The molecule has 1 aromatic heterocycles. The smallest absolute Gasteiger partial charge is 0.142 e. The normalized spacial score (nSPS) is 10.9. The van der Waals surface area contributed by atoms with Gasteiger partial charge in [-0.2, -0.15) is 0 Å². The van der Waals surface area contributed by atoms with Crippen LogP contribution in [0.4, 0.5) is 0 Å². The molecule has 112 valence electrons. The summed E-state index contributed by atoms with van der Waals surface area (Å²) < 4.78 is 7.40. The molecule has 0 N–H and O–H groups in total. The molecule has 5 nitrogen and oxygen atoms in total. The van der Waals surface area contributed by atoms with E-state index in [-0.39, 0.29) is 5.56 Å². The minimum absolute atomic E-state index is 0.119. The van der Waals surface area contributed by atoms with Crippen LogP contribution in [0.3, 0.4) is 0 Å². The Morgan fingerprint density at radius 1 is 1.18 bits per heavy atom. The Bertz CT molecular complexity index is 881. The Balaban J connectivity index is 2.30. The summed E-state index contributed by atoms with van der Waals surface area (Å²) >= 11 is 0. The number of carboxylic acids is 1. The van der Waals surface area contributed by atoms with Gasteiger partial charge >= 0.3 is 0 Å². The Morgan fingerprint density at radius 2 is 1.95 bits per heavy atom. The second kappa shape index (κ2) is 5.18. The lowest BCUT2D eigenvalue weighted by atomic mass is 10.1. The quantitative estimate of drug-likeness (QED) is 0.741. The van der Waals surface area contributed by atoms with Gasteiger partial charge in [-0.3, -0.25) is 4.57 Å². The summed E-state index contributed by atoms with van der Waals surface area (Å²) in [6, 6.07) is 10.7. The van der Waals surface area contributed by atoms with Gasteiger partial charge in [-0.15, -0.1) is 0 Å². The molecular weight excluding hydrogens is 280 g/mol. The first-order valence-electron chi connectivity index (χ1n) is 6.86. The first-order chi connectivity index (χ1) is 10.5. The number of benzene rings is 2. The van der Waals surface area contributed by atoms with Crippen molar-refractivity contribution in [1.82, 2.24) is 9.55 Å². The lowest BCUT2D eigenvalue weighted by Gasteiger charge is -2.13. The van der Waals surface area contributed by atoms with Crippen molar-refractivity contribution in [2.24, 2.45) is 0 Å². The third kappa shape index (κ3) is 2.20. The number of hydrogen-bond acceptors (Lipinski definition) is 4. The minimum atomic E-state index is -1.21. The maximum atomic E-state index is 11.0. The van der Waals surface area contributed by atoms with Crippen molar-refractivity contribution >= 4 is 17.0 Å². The maximum Gasteiger partial charge on any atom is 0.142 e. The summed E-state index contributed by atoms with van der Waals surface area (Å²) in [4.78, 5) is 15.4. The molecule has 0 bridgehead atoms. The number of aromatic nitrogens is 2. The fraction of sp³-hybridized carbons (Fsp3) is 0.176. The van der Waals surface area contributed by atoms with E-state index in [1.807, 2.05) is 36.6 Å². The van der Waals surface area contributed by atoms with Gasteiger partial charge in [0.2, 0.25) is 0 Å². The zero-order valence-corrected chi connectivity index (χ0v) is 12.6. The molecule has 3 aromatic rings. The van der Waals surface area contributed by atoms with Crippen molar-refractivity contribution < 1.29 is 14.6 Å². The van der Waals surface area contributed by atoms with E-state index in [2.05, 4.69) is 4.98 Å². The van der Waals surface area contributed by atoms with E-state index < -0.39 is 5.97 Å². The summed E-state index contributed by atoms with van der Waals surface area (Å²) in [5.41, 5.74) is 3.54. The SMILES string of the molecule is COc1ccc(C)cc1-n1c(C)nc2cc(C(=O)[O-])ccc21. The fourth-order valence-corrected chi connectivity index (χ4v) is 2.61. The van der Waals surface area contributed by atoms with Crippen LogP contribution >= 0.6 is 0 Å². The number of methoxy groups -OCH3 is 1. The Hall–Kier alpha value is -2.82. The maximum absolute atomic E-state index is 11.0. The van der Waals surface area contributed by atoms with Gasteiger partial charge < -0.3 is 14.6 Å². The summed E-state index contributed by atoms with van der Waals surface area (Å²) in [6.07, 6.45) is 0. The molecule has 0 fully saturated rings. The zero-order chi connectivity index (χ0) is 15.9. The van der Waals surface area contributed by atoms with Gasteiger partial charge in [0.05, 0.1) is 29.8 Å². The molecule has 0 aliphatic heterocycles. The summed E-state index contributed by atoms with van der Waals surface area (Å²) in [5.74, 6) is 0.286. The van der Waals surface area contributed by atoms with E-state index in [1.54, 1.807) is 13.2 Å². The number of fused-ring (bicyclic) bond motifs is 1. The summed E-state index contributed by atoms with van der Waals surface area (Å²) in [6.45, 7) is 3.88. The molecular formula is C17H15N2O3-. The predicted molar refractivity (Wildman–Crippen MR) is 81.4 cm³/mol. The molecule has 0 spiro atoms. The number of carboxylic acid groups (broad SMARTS) is 1. The van der Waals surface area contributed by atoms with Gasteiger partial charge in [-0.1, -0.05) is 12.1 Å². The van der Waals surface area contributed by atoms with E-state index in [0.29, 0.717) is 5.52 Å². The van der Waals surface area contributed by atoms with Gasteiger partial charge in [0, 0.05) is 0 Å². The third-order valence-corrected chi connectivity index (χ3v) is 3.63. The summed E-state index contributed by atoms with van der Waals surface area (Å²) in [7, 11) is 1.62. The molecule has 0 unspecified atom stereocenters. The Morgan fingerprint density at radius 3 is 2.64 bits per heavy atom. The number of imidazole rings is 1. The van der Waals surface area contributed by atoms with Crippen LogP contribution in [0.5, 0.6) is 5.75 Å². The lowest BCUT2D eigenvalue weighted by molar-refractivity contribution is -0.255. The number of nitrogens with zero attached hydrogens (tertiary/aromatic N) is 2. The van der Waals surface area contributed by atoms with Crippen molar-refractivity contribution in [1.29, 1.82) is 0 Å². The monoisotopic (exact) mass is 295 g/mol. The average molecular weight is 295 g/mol. The fourth-order valence-electron chi connectivity index (χ4n) is 2.61. The van der Waals surface area contributed by atoms with E-state index in [0.717, 1.165) is 28.3 Å². The number of aromatic carboxylic acids is 1. The Kier molecular flexibility index (Phi) is 3.33. The highest BCUT2D eigenvalue weighted by molar-refractivity contribution is 5.91. The molecule has 22 heavy (non-hydrogen) atoms. The molecule has 0 aliphatic rings. The average Bonchev–Trinajstić information content (AvgIpc) is 2.81. The van der Waals surface area contributed by atoms with Gasteiger partial charge in [0.25, 0.3) is 0 Å². The van der Waals surface area contributed by atoms with Crippen LogP contribution in [-0.2, 0) is 0 Å². The number of rotatable bonds is 3. The first kappa shape index (κ1) is 14.1. The first-order valence-corrected chi connectivity index (χ1v) is 6.86. The van der Waals surface area contributed by atoms with E-state index in [1.165, 1.54) is 12.1 Å². The van der Waals surface area contributed by atoms with E-state index in [4.69, 9.17) is 4.74 Å². The topological polar surface area (TPSA) is 67.2 Å². The molecule has 0 saturated heterocycles. The molecule has 0 atom stereocenters. The van der Waals surface area contributed by atoms with Crippen molar-refractivity contribution in [2.75, 3.05) is 7.11 Å². The van der Waals surface area contributed by atoms with Crippen molar-refractivity contribution in [3.05, 3.63) is 53.3 Å². The van der Waals surface area contributed by atoms with Crippen LogP contribution in [0, 0.1) is 13.8 Å². The third-order valence-electron chi connectivity index (χ3n) is 3.63. The van der Waals surface area contributed by atoms with Crippen molar-refractivity contribution in [3.63, 3.8) is 0 Å². The van der Waals surface area contributed by atoms with Crippen LogP contribution in [0.25, 0.3) is 16.7 Å². The lowest BCUT2D eigenvalue weighted by Crippen LogP contribution is -2.21. The standard InChI is InChI=1S/C17H16N2O3/c1-10-4-7-16(22-3)15(8-10)19-11(2)18-13-9-12(17(20)21)5-6-14(13)19/h4-9H,1-3H3,(H,20,21)/p-1. The van der Waals surface area contributed by atoms with E-state index >= 15 is 0 Å². The largest absolute Gasteiger partial charge is 0.545 e. The Labute approximate surface area is 127 Å². The van der Waals surface area contributed by atoms with Gasteiger partial charge in [0.1, 0.15) is 11.6 Å². The second-order valence-corrected chi connectivity index (χ2v) is 5.16. The molecule has 3 rings (SSSR count). The van der Waals surface area contributed by atoms with Crippen LogP contribution in [0.1, 0.15) is 21.7 Å². The molecule has 0 radical (unpaired) electrons. The van der Waals surface area contributed by atoms with Crippen LogP contribution in [0.15, 0.2) is 36.4 Å². The molecule has 1 heterocycles. The van der Waals surface area contributed by atoms with Crippen molar-refractivity contribution in [3.8, 4) is 11.4 Å². The highest BCUT2D eigenvalue weighted by atomic mass is 16.5. The van der Waals surface area contributed by atoms with Gasteiger partial charge in [-0.25, -0.2) is 4.98 Å². The number of ether oxygens (including phenoxy) is 1. The van der Waals surface area contributed by atoms with Crippen LogP contribution in [0.2, 0.25) is 0 Å². The zero-order valence-electron chi connectivity index (χ0n) is 12.6. The van der Waals surface area contributed by atoms with Crippen LogP contribution in [-0.4, -0.2) is 22.6 Å². The highest BCUT2D eigenvalue weighted by Crippen LogP contribution is 2.29. The van der Waals surface area contributed by atoms with Gasteiger partial charge in [-0.05, 0) is 49.2 Å².